The molecule has 1 aromatic carbocycles. The number of rotatable bonds is 6. The quantitative estimate of drug-likeness (QED) is 0.488. The average Bonchev–Trinajstić information content (AvgIpc) is 3.39. The molecule has 158 valence electrons. The molecule has 1 amide bonds. The zero-order valence-corrected chi connectivity index (χ0v) is 17.9. The van der Waals surface area contributed by atoms with E-state index in [0.717, 1.165) is 11.3 Å². The van der Waals surface area contributed by atoms with E-state index >= 15 is 0 Å². The third-order valence-electron chi connectivity index (χ3n) is 4.76. The number of carbonyl (C=O) groups is 1. The van der Waals surface area contributed by atoms with Gasteiger partial charge in [-0.2, -0.15) is 4.98 Å². The van der Waals surface area contributed by atoms with Gasteiger partial charge in [-0.05, 0) is 43.2 Å². The van der Waals surface area contributed by atoms with Crippen LogP contribution in [-0.2, 0) is 0 Å². The summed E-state index contributed by atoms with van der Waals surface area (Å²) in [5.74, 6) is 0.363. The molecule has 4 aromatic rings. The largest absolute Gasteiger partial charge is 0.339 e. The van der Waals surface area contributed by atoms with E-state index < -0.39 is 6.04 Å². The van der Waals surface area contributed by atoms with Crippen molar-refractivity contribution in [1.29, 1.82) is 0 Å². The van der Waals surface area contributed by atoms with Crippen molar-refractivity contribution < 1.29 is 9.32 Å². The second kappa shape index (κ2) is 8.65. The maximum Gasteiger partial charge on any atom is 0.274 e. The van der Waals surface area contributed by atoms with E-state index in [2.05, 4.69) is 30.8 Å². The normalized spacial score (nSPS) is 12.2. The fourth-order valence-electron chi connectivity index (χ4n) is 3.09. The first-order valence-corrected chi connectivity index (χ1v) is 10.0. The molecule has 0 saturated carbocycles. The van der Waals surface area contributed by atoms with E-state index in [1.807, 2.05) is 26.0 Å². The minimum Gasteiger partial charge on any atom is -0.339 e. The summed E-state index contributed by atoms with van der Waals surface area (Å²) < 4.78 is 7.01. The number of benzene rings is 1. The summed E-state index contributed by atoms with van der Waals surface area (Å²) in [6.45, 7) is 5.68. The summed E-state index contributed by atoms with van der Waals surface area (Å²) in [6, 6.07) is 10.2. The van der Waals surface area contributed by atoms with Crippen LogP contribution in [0, 0.1) is 12.8 Å². The molecule has 1 atom stereocenters. The first-order valence-electron chi connectivity index (χ1n) is 9.67. The third kappa shape index (κ3) is 4.31. The van der Waals surface area contributed by atoms with E-state index in [4.69, 9.17) is 16.1 Å². The molecule has 10 heteroatoms. The molecule has 1 N–H and O–H groups in total. The molecule has 31 heavy (non-hydrogen) atoms. The Hall–Kier alpha value is -3.59. The van der Waals surface area contributed by atoms with Crippen LogP contribution in [0.3, 0.4) is 0 Å². The zero-order chi connectivity index (χ0) is 22.0. The van der Waals surface area contributed by atoms with Gasteiger partial charge in [0.05, 0.1) is 11.4 Å². The van der Waals surface area contributed by atoms with Gasteiger partial charge >= 0.3 is 0 Å². The minimum atomic E-state index is -0.494. The highest BCUT2D eigenvalue weighted by Crippen LogP contribution is 2.24. The molecule has 3 aromatic heterocycles. The van der Waals surface area contributed by atoms with Crippen molar-refractivity contribution in [3.05, 3.63) is 71.1 Å². The van der Waals surface area contributed by atoms with Gasteiger partial charge < -0.3 is 9.84 Å². The van der Waals surface area contributed by atoms with E-state index in [9.17, 15) is 4.79 Å². The lowest BCUT2D eigenvalue weighted by Gasteiger charge is -2.18. The van der Waals surface area contributed by atoms with Gasteiger partial charge in [0.25, 0.3) is 5.91 Å². The molecule has 0 aliphatic rings. The van der Waals surface area contributed by atoms with Gasteiger partial charge in [-0.15, -0.1) is 5.10 Å². The molecular weight excluding hydrogens is 418 g/mol. The summed E-state index contributed by atoms with van der Waals surface area (Å²) in [5.41, 5.74) is 2.29. The SMILES string of the molecule is Cc1c(C(=O)NC(c2nc(-c3ccncc3)no2)C(C)C)nnn1-c1cccc(Cl)c1. The molecule has 0 bridgehead atoms. The summed E-state index contributed by atoms with van der Waals surface area (Å²) in [6.07, 6.45) is 3.30. The number of nitrogens with zero attached hydrogens (tertiary/aromatic N) is 6. The third-order valence-corrected chi connectivity index (χ3v) is 5.00. The highest BCUT2D eigenvalue weighted by atomic mass is 35.5. The second-order valence-corrected chi connectivity index (χ2v) is 7.74. The van der Waals surface area contributed by atoms with Crippen LogP contribution < -0.4 is 5.32 Å². The monoisotopic (exact) mass is 437 g/mol. The Bertz CT molecular complexity index is 1200. The van der Waals surface area contributed by atoms with E-state index in [1.54, 1.807) is 48.3 Å². The van der Waals surface area contributed by atoms with Gasteiger partial charge in [-0.25, -0.2) is 4.68 Å². The Kier molecular flexibility index (Phi) is 5.77. The summed E-state index contributed by atoms with van der Waals surface area (Å²) in [4.78, 5) is 21.4. The first-order chi connectivity index (χ1) is 14.9. The Morgan fingerprint density at radius 2 is 1.97 bits per heavy atom. The molecule has 0 spiro atoms. The number of aromatic nitrogens is 6. The highest BCUT2D eigenvalue weighted by Gasteiger charge is 2.27. The fourth-order valence-corrected chi connectivity index (χ4v) is 3.28. The molecule has 1 unspecified atom stereocenters. The molecule has 4 rings (SSSR count). The van der Waals surface area contributed by atoms with Crippen molar-refractivity contribution in [2.24, 2.45) is 5.92 Å². The average molecular weight is 438 g/mol. The van der Waals surface area contributed by atoms with Crippen LogP contribution in [-0.4, -0.2) is 36.0 Å². The van der Waals surface area contributed by atoms with Gasteiger partial charge in [-0.3, -0.25) is 9.78 Å². The predicted octanol–water partition coefficient (Wildman–Crippen LogP) is 3.80. The molecule has 0 aliphatic heterocycles. The van der Waals surface area contributed by atoms with Crippen LogP contribution in [0.1, 0.15) is 42.0 Å². The van der Waals surface area contributed by atoms with Crippen LogP contribution >= 0.6 is 11.6 Å². The molecule has 0 fully saturated rings. The number of carbonyl (C=O) groups excluding carboxylic acids is 1. The van der Waals surface area contributed by atoms with Gasteiger partial charge in [0.2, 0.25) is 11.7 Å². The number of amides is 1. The zero-order valence-electron chi connectivity index (χ0n) is 17.2. The number of nitrogens with one attached hydrogen (secondary N) is 1. The van der Waals surface area contributed by atoms with E-state index in [-0.39, 0.29) is 17.5 Å². The number of hydrogen-bond donors (Lipinski definition) is 1. The molecular formula is C21H20ClN7O2. The molecule has 0 radical (unpaired) electrons. The number of hydrogen-bond acceptors (Lipinski definition) is 7. The van der Waals surface area contributed by atoms with Crippen molar-refractivity contribution in [3.63, 3.8) is 0 Å². The predicted molar refractivity (Wildman–Crippen MR) is 114 cm³/mol. The Morgan fingerprint density at radius 1 is 1.19 bits per heavy atom. The lowest BCUT2D eigenvalue weighted by molar-refractivity contribution is 0.0908. The van der Waals surface area contributed by atoms with E-state index in [0.29, 0.717) is 22.4 Å². The Balaban J connectivity index is 1.57. The van der Waals surface area contributed by atoms with Crippen LogP contribution in [0.15, 0.2) is 53.3 Å². The molecule has 3 heterocycles. The minimum absolute atomic E-state index is 0.00188. The van der Waals surface area contributed by atoms with Gasteiger partial charge in [0, 0.05) is 23.0 Å². The van der Waals surface area contributed by atoms with Crippen LogP contribution in [0.5, 0.6) is 0 Å². The van der Waals surface area contributed by atoms with Crippen LogP contribution in [0.25, 0.3) is 17.1 Å². The van der Waals surface area contributed by atoms with Crippen molar-refractivity contribution >= 4 is 17.5 Å². The highest BCUT2D eigenvalue weighted by molar-refractivity contribution is 6.30. The lowest BCUT2D eigenvalue weighted by Crippen LogP contribution is -2.32. The Labute approximate surface area is 183 Å². The number of pyridine rings is 1. The van der Waals surface area contributed by atoms with Crippen LogP contribution in [0.4, 0.5) is 0 Å². The van der Waals surface area contributed by atoms with Crippen molar-refractivity contribution in [3.8, 4) is 17.1 Å². The second-order valence-electron chi connectivity index (χ2n) is 7.30. The molecule has 9 nitrogen and oxygen atoms in total. The van der Waals surface area contributed by atoms with Crippen molar-refractivity contribution in [2.75, 3.05) is 0 Å². The van der Waals surface area contributed by atoms with E-state index in [1.165, 1.54) is 0 Å². The van der Waals surface area contributed by atoms with Crippen LogP contribution in [0.2, 0.25) is 5.02 Å². The molecule has 0 saturated heterocycles. The maximum atomic E-state index is 13.0. The summed E-state index contributed by atoms with van der Waals surface area (Å²) in [5, 5.41) is 15.7. The van der Waals surface area contributed by atoms with Gasteiger partial charge in [0.15, 0.2) is 5.69 Å². The Morgan fingerprint density at radius 3 is 2.68 bits per heavy atom. The standard InChI is InChI=1S/C21H20ClN7O2/c1-12(2)17(21-25-19(27-31-21)14-7-9-23-10-8-14)24-20(30)18-13(3)29(28-26-18)16-6-4-5-15(22)11-16/h4-12,17H,1-3H3,(H,24,30). The van der Waals surface area contributed by atoms with Gasteiger partial charge in [0.1, 0.15) is 6.04 Å². The molecule has 0 aliphatic carbocycles. The van der Waals surface area contributed by atoms with Gasteiger partial charge in [-0.1, -0.05) is 41.9 Å². The number of halogens is 1. The smallest absolute Gasteiger partial charge is 0.274 e. The first kappa shape index (κ1) is 20.7. The lowest BCUT2D eigenvalue weighted by atomic mass is 10.0. The fraction of sp³-hybridized carbons (Fsp3) is 0.238. The summed E-state index contributed by atoms with van der Waals surface area (Å²) >= 11 is 6.07. The van der Waals surface area contributed by atoms with Crippen molar-refractivity contribution in [2.45, 2.75) is 26.8 Å². The summed E-state index contributed by atoms with van der Waals surface area (Å²) in [7, 11) is 0. The maximum absolute atomic E-state index is 13.0. The topological polar surface area (TPSA) is 112 Å². The van der Waals surface area contributed by atoms with Crippen molar-refractivity contribution in [1.82, 2.24) is 35.4 Å².